The van der Waals surface area contributed by atoms with E-state index in [0.717, 1.165) is 25.0 Å². The fourth-order valence-electron chi connectivity index (χ4n) is 2.28. The molecule has 1 heterocycles. The van der Waals surface area contributed by atoms with Gasteiger partial charge < -0.3 is 14.7 Å². The SMILES string of the molecule is CCCCCSC1(CC(=O)O)CN(C(=O)OC(C)(C)C)C1. The predicted molar refractivity (Wildman–Crippen MR) is 84.8 cm³/mol. The van der Waals surface area contributed by atoms with Crippen LogP contribution in [0.3, 0.4) is 0 Å². The van der Waals surface area contributed by atoms with Crippen molar-refractivity contribution >= 4 is 23.8 Å². The molecule has 1 N–H and O–H groups in total. The number of carboxylic acid groups (broad SMARTS) is 1. The molecular formula is C15H27NO4S. The zero-order valence-electron chi connectivity index (χ0n) is 13.5. The first-order valence-electron chi connectivity index (χ1n) is 7.51. The minimum atomic E-state index is -0.804. The van der Waals surface area contributed by atoms with Crippen molar-refractivity contribution in [2.75, 3.05) is 18.8 Å². The fraction of sp³-hybridized carbons (Fsp3) is 0.867. The van der Waals surface area contributed by atoms with Gasteiger partial charge in [-0.25, -0.2) is 4.79 Å². The molecule has 0 spiro atoms. The van der Waals surface area contributed by atoms with Crippen molar-refractivity contribution in [1.82, 2.24) is 4.90 Å². The minimum absolute atomic E-state index is 0.100. The van der Waals surface area contributed by atoms with Crippen LogP contribution in [0.25, 0.3) is 0 Å². The molecule has 0 unspecified atom stereocenters. The Kier molecular flexibility index (Phi) is 6.38. The number of hydrogen-bond donors (Lipinski definition) is 1. The number of rotatable bonds is 7. The summed E-state index contributed by atoms with van der Waals surface area (Å²) in [6, 6.07) is 0. The molecule has 1 saturated heterocycles. The Morgan fingerprint density at radius 2 is 1.90 bits per heavy atom. The van der Waals surface area contributed by atoms with Crippen LogP contribution in [0.4, 0.5) is 4.79 Å². The maximum atomic E-state index is 11.9. The number of hydrogen-bond acceptors (Lipinski definition) is 4. The Morgan fingerprint density at radius 3 is 2.38 bits per heavy atom. The molecular weight excluding hydrogens is 290 g/mol. The van der Waals surface area contributed by atoms with Crippen LogP contribution in [0, 0.1) is 0 Å². The smallest absolute Gasteiger partial charge is 0.410 e. The Hall–Kier alpha value is -0.910. The van der Waals surface area contributed by atoms with Gasteiger partial charge in [0.15, 0.2) is 0 Å². The number of ether oxygens (including phenoxy) is 1. The van der Waals surface area contributed by atoms with E-state index in [0.29, 0.717) is 13.1 Å². The first-order chi connectivity index (χ1) is 9.67. The van der Waals surface area contributed by atoms with E-state index in [1.807, 2.05) is 20.8 Å². The van der Waals surface area contributed by atoms with Crippen molar-refractivity contribution in [3.63, 3.8) is 0 Å². The molecule has 0 aliphatic carbocycles. The van der Waals surface area contributed by atoms with Crippen molar-refractivity contribution in [3.05, 3.63) is 0 Å². The Balaban J connectivity index is 2.49. The summed E-state index contributed by atoms with van der Waals surface area (Å²) in [6.07, 6.45) is 3.15. The van der Waals surface area contributed by atoms with E-state index in [-0.39, 0.29) is 17.3 Å². The van der Waals surface area contributed by atoms with Crippen molar-refractivity contribution in [3.8, 4) is 0 Å². The summed E-state index contributed by atoms with van der Waals surface area (Å²) in [5.41, 5.74) is -0.517. The molecule has 0 saturated carbocycles. The zero-order valence-corrected chi connectivity index (χ0v) is 14.3. The van der Waals surface area contributed by atoms with Gasteiger partial charge in [-0.05, 0) is 32.9 Å². The predicted octanol–water partition coefficient (Wildman–Crippen LogP) is 3.37. The highest BCUT2D eigenvalue weighted by Gasteiger charge is 2.48. The summed E-state index contributed by atoms with van der Waals surface area (Å²) in [5.74, 6) is 0.144. The van der Waals surface area contributed by atoms with Crippen LogP contribution in [-0.4, -0.2) is 51.3 Å². The Morgan fingerprint density at radius 1 is 1.29 bits per heavy atom. The average molecular weight is 317 g/mol. The normalized spacial score (nSPS) is 17.2. The average Bonchev–Trinajstić information content (AvgIpc) is 2.27. The van der Waals surface area contributed by atoms with Crippen LogP contribution >= 0.6 is 11.8 Å². The number of thioether (sulfide) groups is 1. The maximum absolute atomic E-state index is 11.9. The van der Waals surface area contributed by atoms with Gasteiger partial charge in [-0.3, -0.25) is 4.79 Å². The first kappa shape index (κ1) is 18.1. The molecule has 1 aliphatic rings. The molecule has 6 heteroatoms. The third-order valence-electron chi connectivity index (χ3n) is 3.24. The number of amides is 1. The van der Waals surface area contributed by atoms with E-state index in [9.17, 15) is 9.59 Å². The summed E-state index contributed by atoms with van der Waals surface area (Å²) in [6.45, 7) is 8.55. The topological polar surface area (TPSA) is 66.8 Å². The van der Waals surface area contributed by atoms with Crippen molar-refractivity contribution < 1.29 is 19.4 Å². The molecule has 5 nitrogen and oxygen atoms in total. The summed E-state index contributed by atoms with van der Waals surface area (Å²) in [4.78, 5) is 24.6. The Labute approximate surface area is 131 Å². The molecule has 0 aromatic rings. The lowest BCUT2D eigenvalue weighted by Crippen LogP contribution is -2.63. The van der Waals surface area contributed by atoms with Crippen molar-refractivity contribution in [1.29, 1.82) is 0 Å². The molecule has 1 amide bonds. The number of likely N-dealkylation sites (tertiary alicyclic amines) is 1. The van der Waals surface area contributed by atoms with E-state index in [1.165, 1.54) is 0 Å². The number of aliphatic carboxylic acids is 1. The quantitative estimate of drug-likeness (QED) is 0.729. The van der Waals surface area contributed by atoms with E-state index < -0.39 is 11.6 Å². The number of carbonyl (C=O) groups excluding carboxylic acids is 1. The lowest BCUT2D eigenvalue weighted by molar-refractivity contribution is -0.138. The second-order valence-electron chi connectivity index (χ2n) is 6.65. The Bertz CT molecular complexity index is 372. The number of carboxylic acids is 1. The van der Waals surface area contributed by atoms with Crippen LogP contribution in [0.2, 0.25) is 0 Å². The molecule has 0 atom stereocenters. The summed E-state index contributed by atoms with van der Waals surface area (Å²) >= 11 is 1.69. The van der Waals surface area contributed by atoms with Gasteiger partial charge in [0.1, 0.15) is 5.60 Å². The standard InChI is InChI=1S/C15H27NO4S/c1-5-6-7-8-21-15(9-12(17)18)10-16(11-15)13(19)20-14(2,3)4/h5-11H2,1-4H3,(H,17,18). The third kappa shape index (κ3) is 6.16. The second kappa shape index (κ2) is 7.38. The summed E-state index contributed by atoms with van der Waals surface area (Å²) < 4.78 is 4.98. The number of carbonyl (C=O) groups is 2. The monoisotopic (exact) mass is 317 g/mol. The number of nitrogens with zero attached hydrogens (tertiary/aromatic N) is 1. The van der Waals surface area contributed by atoms with Gasteiger partial charge in [-0.1, -0.05) is 19.8 Å². The molecule has 0 radical (unpaired) electrons. The molecule has 122 valence electrons. The van der Waals surface area contributed by atoms with Gasteiger partial charge in [-0.2, -0.15) is 11.8 Å². The highest BCUT2D eigenvalue weighted by Crippen LogP contribution is 2.39. The van der Waals surface area contributed by atoms with Gasteiger partial charge in [0.2, 0.25) is 0 Å². The second-order valence-corrected chi connectivity index (χ2v) is 8.21. The van der Waals surface area contributed by atoms with Crippen LogP contribution < -0.4 is 0 Å². The molecule has 1 fully saturated rings. The molecule has 1 rings (SSSR count). The van der Waals surface area contributed by atoms with E-state index >= 15 is 0 Å². The van der Waals surface area contributed by atoms with Gasteiger partial charge in [0.05, 0.1) is 11.2 Å². The molecule has 1 aliphatic heterocycles. The van der Waals surface area contributed by atoms with Crippen molar-refractivity contribution in [2.24, 2.45) is 0 Å². The highest BCUT2D eigenvalue weighted by atomic mass is 32.2. The van der Waals surface area contributed by atoms with Crippen LogP contribution in [0.1, 0.15) is 53.4 Å². The molecule has 21 heavy (non-hydrogen) atoms. The van der Waals surface area contributed by atoms with E-state index in [4.69, 9.17) is 9.84 Å². The van der Waals surface area contributed by atoms with Crippen LogP contribution in [-0.2, 0) is 9.53 Å². The zero-order chi connectivity index (χ0) is 16.1. The highest BCUT2D eigenvalue weighted by molar-refractivity contribution is 8.00. The maximum Gasteiger partial charge on any atom is 0.410 e. The van der Waals surface area contributed by atoms with Gasteiger partial charge in [-0.15, -0.1) is 0 Å². The molecule has 0 bridgehead atoms. The summed E-state index contributed by atoms with van der Waals surface area (Å²) in [7, 11) is 0. The van der Waals surface area contributed by atoms with Gasteiger partial charge in [0.25, 0.3) is 0 Å². The lowest BCUT2D eigenvalue weighted by atomic mass is 9.95. The minimum Gasteiger partial charge on any atom is -0.481 e. The van der Waals surface area contributed by atoms with Crippen LogP contribution in [0.15, 0.2) is 0 Å². The fourth-order valence-corrected chi connectivity index (χ4v) is 3.78. The van der Waals surface area contributed by atoms with E-state index in [1.54, 1.807) is 16.7 Å². The van der Waals surface area contributed by atoms with E-state index in [2.05, 4.69) is 6.92 Å². The molecule has 0 aromatic carbocycles. The van der Waals surface area contributed by atoms with Gasteiger partial charge in [0, 0.05) is 13.1 Å². The summed E-state index contributed by atoms with van der Waals surface area (Å²) in [5, 5.41) is 9.08. The van der Waals surface area contributed by atoms with Crippen molar-refractivity contribution in [2.45, 2.75) is 63.7 Å². The third-order valence-corrected chi connectivity index (χ3v) is 4.75. The first-order valence-corrected chi connectivity index (χ1v) is 8.50. The number of unbranched alkanes of at least 4 members (excludes halogenated alkanes) is 2. The molecule has 0 aromatic heterocycles. The largest absolute Gasteiger partial charge is 0.481 e. The van der Waals surface area contributed by atoms with Crippen LogP contribution in [0.5, 0.6) is 0 Å². The van der Waals surface area contributed by atoms with Gasteiger partial charge >= 0.3 is 12.1 Å². The lowest BCUT2D eigenvalue weighted by Gasteiger charge is -2.48.